The molecule has 0 saturated carbocycles. The van der Waals surface area contributed by atoms with Crippen molar-refractivity contribution in [1.29, 1.82) is 0 Å². The second-order valence-corrected chi connectivity index (χ2v) is 4.70. The largest absolute Gasteiger partial charge is 0.418 e. The van der Waals surface area contributed by atoms with Crippen LogP contribution in [0.5, 0.6) is 0 Å². The maximum absolute atomic E-state index is 12.8. The maximum atomic E-state index is 12.8. The first-order valence-corrected chi connectivity index (χ1v) is 6.41. The number of benzene rings is 1. The van der Waals surface area contributed by atoms with Crippen LogP contribution in [-0.4, -0.2) is 16.1 Å². The molecule has 2 rings (SSSR count). The van der Waals surface area contributed by atoms with Crippen molar-refractivity contribution in [1.82, 2.24) is 9.55 Å². The van der Waals surface area contributed by atoms with Crippen molar-refractivity contribution < 1.29 is 13.2 Å². The third kappa shape index (κ3) is 3.90. The number of halogens is 4. The smallest absolute Gasteiger partial charge is 0.384 e. The van der Waals surface area contributed by atoms with Gasteiger partial charge in [-0.15, -0.1) is 0 Å². The fourth-order valence-electron chi connectivity index (χ4n) is 1.81. The highest BCUT2D eigenvalue weighted by atomic mass is 35.5. The third-order valence-electron chi connectivity index (χ3n) is 2.75. The number of hydrogen-bond donors (Lipinski definition) is 1. The van der Waals surface area contributed by atoms with E-state index in [9.17, 15) is 13.2 Å². The molecule has 0 amide bonds. The van der Waals surface area contributed by atoms with Crippen molar-refractivity contribution in [2.45, 2.75) is 19.1 Å². The van der Waals surface area contributed by atoms with E-state index in [1.165, 1.54) is 12.1 Å². The molecule has 2 aromatic rings. The third-order valence-corrected chi connectivity index (χ3v) is 2.99. The summed E-state index contributed by atoms with van der Waals surface area (Å²) in [6.07, 6.45) is 1.41. The number of aromatic nitrogens is 2. The number of anilines is 1. The van der Waals surface area contributed by atoms with Crippen LogP contribution in [0.3, 0.4) is 0 Å². The van der Waals surface area contributed by atoms with Gasteiger partial charge in [-0.25, -0.2) is 4.98 Å². The Balaban J connectivity index is 1.95. The molecule has 0 aliphatic rings. The van der Waals surface area contributed by atoms with E-state index in [0.717, 1.165) is 6.07 Å². The summed E-state index contributed by atoms with van der Waals surface area (Å²) in [6, 6.07) is 3.72. The number of imidazole rings is 1. The molecule has 0 fully saturated rings. The number of nitrogens with zero attached hydrogens (tertiary/aromatic N) is 2. The molecule has 1 N–H and O–H groups in total. The van der Waals surface area contributed by atoms with Crippen LogP contribution < -0.4 is 5.32 Å². The lowest BCUT2D eigenvalue weighted by atomic mass is 10.1. The van der Waals surface area contributed by atoms with Gasteiger partial charge in [0.15, 0.2) is 0 Å². The summed E-state index contributed by atoms with van der Waals surface area (Å²) in [7, 11) is 0. The van der Waals surface area contributed by atoms with E-state index >= 15 is 0 Å². The van der Waals surface area contributed by atoms with Gasteiger partial charge in [-0.3, -0.25) is 0 Å². The molecule has 0 aliphatic heterocycles. The van der Waals surface area contributed by atoms with Crippen LogP contribution in [0.15, 0.2) is 36.9 Å². The van der Waals surface area contributed by atoms with Gasteiger partial charge in [-0.2, -0.15) is 13.2 Å². The zero-order valence-corrected chi connectivity index (χ0v) is 11.2. The molecule has 0 spiro atoms. The highest BCUT2D eigenvalue weighted by Crippen LogP contribution is 2.36. The lowest BCUT2D eigenvalue weighted by molar-refractivity contribution is -0.136. The predicted octanol–water partition coefficient (Wildman–Crippen LogP) is 4.06. The molecule has 1 aromatic heterocycles. The number of alkyl halides is 3. The molecule has 0 saturated heterocycles. The molecule has 0 aliphatic carbocycles. The molecule has 20 heavy (non-hydrogen) atoms. The van der Waals surface area contributed by atoms with Crippen molar-refractivity contribution >= 4 is 17.3 Å². The average molecular weight is 304 g/mol. The van der Waals surface area contributed by atoms with E-state index in [-0.39, 0.29) is 10.7 Å². The number of rotatable bonds is 5. The first kappa shape index (κ1) is 14.7. The molecule has 0 atom stereocenters. The summed E-state index contributed by atoms with van der Waals surface area (Å²) in [6.45, 7) is 1.13. The normalized spacial score (nSPS) is 11.6. The van der Waals surface area contributed by atoms with E-state index in [1.807, 2.05) is 10.8 Å². The summed E-state index contributed by atoms with van der Waals surface area (Å²) < 4.78 is 40.4. The number of aryl methyl sites for hydroxylation is 1. The zero-order valence-electron chi connectivity index (χ0n) is 10.5. The van der Waals surface area contributed by atoms with Crippen molar-refractivity contribution in [3.05, 3.63) is 47.5 Å². The van der Waals surface area contributed by atoms with Gasteiger partial charge < -0.3 is 9.88 Å². The standard InChI is InChI=1S/C13H13ClF3N3/c14-10-2-3-12(11(8-10)13(15,16)17)19-4-1-6-20-7-5-18-9-20/h2-3,5,7-9,19H,1,4,6H2. The highest BCUT2D eigenvalue weighted by molar-refractivity contribution is 6.30. The van der Waals surface area contributed by atoms with Crippen molar-refractivity contribution in [3.8, 4) is 0 Å². The van der Waals surface area contributed by atoms with Crippen molar-refractivity contribution in [3.63, 3.8) is 0 Å². The molecule has 108 valence electrons. The molecule has 7 heteroatoms. The Hall–Kier alpha value is -1.69. The average Bonchev–Trinajstić information content (AvgIpc) is 2.88. The van der Waals surface area contributed by atoms with E-state index in [1.54, 1.807) is 12.5 Å². The van der Waals surface area contributed by atoms with Crippen molar-refractivity contribution in [2.75, 3.05) is 11.9 Å². The van der Waals surface area contributed by atoms with Crippen LogP contribution in [0.25, 0.3) is 0 Å². The SMILES string of the molecule is FC(F)(F)c1cc(Cl)ccc1NCCCn1ccnc1. The van der Waals surface area contributed by atoms with Crippen molar-refractivity contribution in [2.24, 2.45) is 0 Å². The predicted molar refractivity (Wildman–Crippen MR) is 71.8 cm³/mol. The summed E-state index contributed by atoms with van der Waals surface area (Å²) in [5.41, 5.74) is -0.694. The van der Waals surface area contributed by atoms with Gasteiger partial charge in [0.25, 0.3) is 0 Å². The van der Waals surface area contributed by atoms with E-state index in [0.29, 0.717) is 19.5 Å². The van der Waals surface area contributed by atoms with Gasteiger partial charge in [0.2, 0.25) is 0 Å². The molecule has 0 unspecified atom stereocenters. The van der Waals surface area contributed by atoms with Crippen LogP contribution in [0.1, 0.15) is 12.0 Å². The highest BCUT2D eigenvalue weighted by Gasteiger charge is 2.33. The van der Waals surface area contributed by atoms with Gasteiger partial charge in [0, 0.05) is 36.2 Å². The van der Waals surface area contributed by atoms with Crippen LogP contribution in [0.2, 0.25) is 5.02 Å². The first-order valence-electron chi connectivity index (χ1n) is 6.03. The van der Waals surface area contributed by atoms with Gasteiger partial charge in [-0.1, -0.05) is 11.6 Å². The Labute approximate surface area is 119 Å². The summed E-state index contributed by atoms with van der Waals surface area (Å²) in [5, 5.41) is 2.87. The summed E-state index contributed by atoms with van der Waals surface area (Å²) >= 11 is 5.61. The summed E-state index contributed by atoms with van der Waals surface area (Å²) in [5.74, 6) is 0. The Bertz CT molecular complexity index is 552. The van der Waals surface area contributed by atoms with Gasteiger partial charge in [0.1, 0.15) is 0 Å². The Morgan fingerprint density at radius 1 is 1.30 bits per heavy atom. The van der Waals surface area contributed by atoms with Gasteiger partial charge >= 0.3 is 6.18 Å². The van der Waals surface area contributed by atoms with Crippen LogP contribution in [-0.2, 0) is 12.7 Å². The fraction of sp³-hybridized carbons (Fsp3) is 0.308. The van der Waals surface area contributed by atoms with Gasteiger partial charge in [0.05, 0.1) is 11.9 Å². The minimum atomic E-state index is -4.42. The van der Waals surface area contributed by atoms with E-state index < -0.39 is 11.7 Å². The molecular weight excluding hydrogens is 291 g/mol. The maximum Gasteiger partial charge on any atom is 0.418 e. The molecule has 1 aromatic carbocycles. The quantitative estimate of drug-likeness (QED) is 0.844. The molecule has 0 bridgehead atoms. The van der Waals surface area contributed by atoms with Crippen LogP contribution in [0.4, 0.5) is 18.9 Å². The second-order valence-electron chi connectivity index (χ2n) is 4.27. The molecule has 0 radical (unpaired) electrons. The lowest BCUT2D eigenvalue weighted by Gasteiger charge is -2.15. The lowest BCUT2D eigenvalue weighted by Crippen LogP contribution is -2.12. The van der Waals surface area contributed by atoms with Crippen LogP contribution >= 0.6 is 11.6 Å². The van der Waals surface area contributed by atoms with Crippen LogP contribution in [0, 0.1) is 0 Å². The Morgan fingerprint density at radius 3 is 2.75 bits per heavy atom. The Kier molecular flexibility index (Phi) is 4.54. The second kappa shape index (κ2) is 6.17. The molecular formula is C13H13ClF3N3. The number of hydrogen-bond acceptors (Lipinski definition) is 2. The van der Waals surface area contributed by atoms with E-state index in [2.05, 4.69) is 10.3 Å². The van der Waals surface area contributed by atoms with E-state index in [4.69, 9.17) is 11.6 Å². The topological polar surface area (TPSA) is 29.9 Å². The summed E-state index contributed by atoms with van der Waals surface area (Å²) in [4.78, 5) is 3.89. The fourth-order valence-corrected chi connectivity index (χ4v) is 1.98. The molecule has 1 heterocycles. The Morgan fingerprint density at radius 2 is 2.10 bits per heavy atom. The monoisotopic (exact) mass is 303 g/mol. The van der Waals surface area contributed by atoms with Gasteiger partial charge in [-0.05, 0) is 24.6 Å². The first-order chi connectivity index (χ1) is 9.47. The number of nitrogens with one attached hydrogen (secondary N) is 1. The minimum absolute atomic E-state index is 0.0486. The zero-order chi connectivity index (χ0) is 14.6. The minimum Gasteiger partial charge on any atom is -0.384 e. The molecule has 3 nitrogen and oxygen atoms in total.